The molecule has 174 valence electrons. The predicted octanol–water partition coefficient (Wildman–Crippen LogP) is 2.91. The number of nitrogens with zero attached hydrogens (tertiary/aromatic N) is 6. The van der Waals surface area contributed by atoms with Crippen LogP contribution in [0.2, 0.25) is 0 Å². The van der Waals surface area contributed by atoms with Gasteiger partial charge < -0.3 is 14.4 Å². The Balaban J connectivity index is 1.40. The standard InChI is InChI=1S/C24H29FN6O2/c1-32-19-10-8-18(9-11-19)23(24-26-27-28-31(24)17-20-5-4-16-33-20)30-14-12-29(13-15-30)22-7-3-2-6-21(22)25/h2-3,6-11,20,23H,4-5,12-17H2,1H3. The number of benzene rings is 2. The number of tetrazole rings is 1. The van der Waals surface area contributed by atoms with Crippen molar-refractivity contribution in [2.45, 2.75) is 31.5 Å². The van der Waals surface area contributed by atoms with Crippen molar-refractivity contribution in [3.63, 3.8) is 0 Å². The summed E-state index contributed by atoms with van der Waals surface area (Å²) in [5, 5.41) is 12.7. The molecule has 0 spiro atoms. The Hall–Kier alpha value is -3.04. The molecule has 9 heteroatoms. The number of methoxy groups -OCH3 is 1. The van der Waals surface area contributed by atoms with E-state index in [1.807, 2.05) is 28.9 Å². The Morgan fingerprint density at radius 2 is 1.88 bits per heavy atom. The molecule has 33 heavy (non-hydrogen) atoms. The first-order valence-corrected chi connectivity index (χ1v) is 11.5. The van der Waals surface area contributed by atoms with Crippen LogP contribution in [0.25, 0.3) is 0 Å². The van der Waals surface area contributed by atoms with E-state index < -0.39 is 0 Å². The number of ether oxygens (including phenoxy) is 2. The van der Waals surface area contributed by atoms with Crippen molar-refractivity contribution in [1.82, 2.24) is 25.1 Å². The molecule has 2 unspecified atom stereocenters. The van der Waals surface area contributed by atoms with Crippen molar-refractivity contribution < 1.29 is 13.9 Å². The number of piperazine rings is 1. The fourth-order valence-electron chi connectivity index (χ4n) is 4.76. The number of aromatic nitrogens is 4. The average Bonchev–Trinajstić information content (AvgIpc) is 3.54. The van der Waals surface area contributed by atoms with Crippen LogP contribution in [-0.2, 0) is 11.3 Å². The minimum atomic E-state index is -0.182. The van der Waals surface area contributed by atoms with Crippen LogP contribution in [0.5, 0.6) is 5.75 Å². The largest absolute Gasteiger partial charge is 0.497 e. The molecule has 0 aliphatic carbocycles. The number of para-hydroxylation sites is 1. The summed E-state index contributed by atoms with van der Waals surface area (Å²) in [6.07, 6.45) is 2.23. The van der Waals surface area contributed by atoms with Crippen LogP contribution < -0.4 is 9.64 Å². The van der Waals surface area contributed by atoms with Crippen molar-refractivity contribution in [1.29, 1.82) is 0 Å². The van der Waals surface area contributed by atoms with Crippen molar-refractivity contribution >= 4 is 5.69 Å². The molecule has 1 aromatic heterocycles. The molecule has 3 aromatic rings. The van der Waals surface area contributed by atoms with Crippen molar-refractivity contribution in [2.75, 3.05) is 44.8 Å². The Kier molecular flexibility index (Phi) is 6.50. The van der Waals surface area contributed by atoms with E-state index >= 15 is 0 Å². The van der Waals surface area contributed by atoms with Gasteiger partial charge in [0.1, 0.15) is 11.6 Å². The molecule has 2 aliphatic rings. The highest BCUT2D eigenvalue weighted by atomic mass is 19.1. The van der Waals surface area contributed by atoms with Gasteiger partial charge in [-0.25, -0.2) is 9.07 Å². The number of rotatable bonds is 7. The minimum Gasteiger partial charge on any atom is -0.497 e. The quantitative estimate of drug-likeness (QED) is 0.546. The summed E-state index contributed by atoms with van der Waals surface area (Å²) in [6, 6.07) is 14.9. The molecule has 0 saturated carbocycles. The van der Waals surface area contributed by atoms with E-state index in [0.717, 1.165) is 62.8 Å². The zero-order chi connectivity index (χ0) is 22.6. The third-order valence-electron chi connectivity index (χ3n) is 6.51. The van der Waals surface area contributed by atoms with E-state index in [2.05, 4.69) is 37.5 Å². The lowest BCUT2D eigenvalue weighted by molar-refractivity contribution is 0.0906. The van der Waals surface area contributed by atoms with Gasteiger partial charge in [0, 0.05) is 32.8 Å². The number of hydrogen-bond donors (Lipinski definition) is 0. The summed E-state index contributed by atoms with van der Waals surface area (Å²) >= 11 is 0. The Bertz CT molecular complexity index is 1050. The topological polar surface area (TPSA) is 68.5 Å². The second-order valence-electron chi connectivity index (χ2n) is 8.50. The second kappa shape index (κ2) is 9.84. The first-order valence-electron chi connectivity index (χ1n) is 11.5. The molecular formula is C24H29FN6O2. The third-order valence-corrected chi connectivity index (χ3v) is 6.51. The summed E-state index contributed by atoms with van der Waals surface area (Å²) in [7, 11) is 1.66. The highest BCUT2D eigenvalue weighted by Gasteiger charge is 2.32. The van der Waals surface area contributed by atoms with Crippen LogP contribution in [0.4, 0.5) is 10.1 Å². The molecule has 2 fully saturated rings. The van der Waals surface area contributed by atoms with Gasteiger partial charge in [-0.15, -0.1) is 5.10 Å². The highest BCUT2D eigenvalue weighted by Crippen LogP contribution is 2.31. The normalized spacial score (nSPS) is 20.2. The smallest absolute Gasteiger partial charge is 0.173 e. The molecule has 2 aliphatic heterocycles. The first kappa shape index (κ1) is 21.8. The van der Waals surface area contributed by atoms with E-state index in [9.17, 15) is 4.39 Å². The average molecular weight is 453 g/mol. The van der Waals surface area contributed by atoms with Crippen LogP contribution in [0.3, 0.4) is 0 Å². The predicted molar refractivity (Wildman–Crippen MR) is 122 cm³/mol. The van der Waals surface area contributed by atoms with E-state index in [-0.39, 0.29) is 18.0 Å². The van der Waals surface area contributed by atoms with Gasteiger partial charge >= 0.3 is 0 Å². The molecule has 0 amide bonds. The maximum absolute atomic E-state index is 14.3. The van der Waals surface area contributed by atoms with Crippen LogP contribution in [0.15, 0.2) is 48.5 Å². The van der Waals surface area contributed by atoms with Gasteiger partial charge in [-0.3, -0.25) is 4.90 Å². The highest BCUT2D eigenvalue weighted by molar-refractivity contribution is 5.48. The Morgan fingerprint density at radius 3 is 2.58 bits per heavy atom. The molecule has 2 aromatic carbocycles. The number of hydrogen-bond acceptors (Lipinski definition) is 7. The van der Waals surface area contributed by atoms with Crippen molar-refractivity contribution in [2.24, 2.45) is 0 Å². The molecular weight excluding hydrogens is 423 g/mol. The van der Waals surface area contributed by atoms with Gasteiger partial charge in [0.2, 0.25) is 0 Å². The lowest BCUT2D eigenvalue weighted by atomic mass is 10.0. The molecule has 2 atom stereocenters. The fourth-order valence-corrected chi connectivity index (χ4v) is 4.76. The maximum Gasteiger partial charge on any atom is 0.173 e. The van der Waals surface area contributed by atoms with Gasteiger partial charge in [0.15, 0.2) is 5.82 Å². The Labute approximate surface area is 192 Å². The Morgan fingerprint density at radius 1 is 1.09 bits per heavy atom. The summed E-state index contributed by atoms with van der Waals surface area (Å²) < 4.78 is 27.4. The van der Waals surface area contributed by atoms with Crippen molar-refractivity contribution in [3.05, 3.63) is 65.7 Å². The number of anilines is 1. The van der Waals surface area contributed by atoms with Crippen LogP contribution in [0.1, 0.15) is 30.3 Å². The maximum atomic E-state index is 14.3. The van der Waals surface area contributed by atoms with Gasteiger partial charge in [0.25, 0.3) is 0 Å². The molecule has 2 saturated heterocycles. The molecule has 0 radical (unpaired) electrons. The monoisotopic (exact) mass is 452 g/mol. The first-order chi connectivity index (χ1) is 16.2. The molecule has 0 bridgehead atoms. The van der Waals surface area contributed by atoms with Crippen molar-refractivity contribution in [3.8, 4) is 5.75 Å². The van der Waals surface area contributed by atoms with Gasteiger partial charge in [-0.1, -0.05) is 24.3 Å². The summed E-state index contributed by atoms with van der Waals surface area (Å²) in [5.41, 5.74) is 1.75. The van der Waals surface area contributed by atoms with E-state index in [1.54, 1.807) is 13.2 Å². The van der Waals surface area contributed by atoms with Crippen LogP contribution >= 0.6 is 0 Å². The molecule has 0 N–H and O–H groups in total. The summed E-state index contributed by atoms with van der Waals surface area (Å²) in [4.78, 5) is 4.48. The summed E-state index contributed by atoms with van der Waals surface area (Å²) in [6.45, 7) is 4.41. The van der Waals surface area contributed by atoms with Crippen LogP contribution in [-0.4, -0.2) is 71.1 Å². The zero-order valence-electron chi connectivity index (χ0n) is 18.8. The lowest BCUT2D eigenvalue weighted by Crippen LogP contribution is -2.48. The van der Waals surface area contributed by atoms with Gasteiger partial charge in [-0.2, -0.15) is 0 Å². The van der Waals surface area contributed by atoms with E-state index in [0.29, 0.717) is 12.2 Å². The van der Waals surface area contributed by atoms with Gasteiger partial charge in [0.05, 0.1) is 31.5 Å². The van der Waals surface area contributed by atoms with E-state index in [1.165, 1.54) is 6.07 Å². The molecule has 8 nitrogen and oxygen atoms in total. The lowest BCUT2D eigenvalue weighted by Gasteiger charge is -2.40. The zero-order valence-corrected chi connectivity index (χ0v) is 18.8. The van der Waals surface area contributed by atoms with Crippen LogP contribution in [0, 0.1) is 5.82 Å². The number of halogens is 1. The minimum absolute atomic E-state index is 0.116. The third kappa shape index (κ3) is 4.69. The SMILES string of the molecule is COc1ccc(C(c2nnnn2CC2CCCO2)N2CCN(c3ccccc3F)CC2)cc1. The summed E-state index contributed by atoms with van der Waals surface area (Å²) in [5.74, 6) is 1.42. The van der Waals surface area contributed by atoms with E-state index in [4.69, 9.17) is 9.47 Å². The molecule has 5 rings (SSSR count). The second-order valence-corrected chi connectivity index (χ2v) is 8.50. The van der Waals surface area contributed by atoms with Gasteiger partial charge in [-0.05, 0) is 53.1 Å². The fraction of sp³-hybridized carbons (Fsp3) is 0.458. The molecule has 3 heterocycles.